The smallest absolute Gasteiger partial charge is 0.225 e. The Morgan fingerprint density at radius 1 is 1.03 bits per heavy atom. The van der Waals surface area contributed by atoms with Crippen molar-refractivity contribution >= 4 is 33.3 Å². The van der Waals surface area contributed by atoms with Gasteiger partial charge in [0.1, 0.15) is 22.4 Å². The number of aliphatic hydroxyl groups is 3. The molecule has 3 aliphatic carbocycles. The summed E-state index contributed by atoms with van der Waals surface area (Å²) in [6.07, 6.45) is 8.94. The predicted octanol–water partition coefficient (Wildman–Crippen LogP) is 3.80. The van der Waals surface area contributed by atoms with Gasteiger partial charge in [0.2, 0.25) is 5.95 Å². The molecule has 5 N–H and O–H groups in total. The molecule has 0 spiro atoms. The molecule has 198 valence electrons. The first-order valence-electron chi connectivity index (χ1n) is 13.5. The van der Waals surface area contributed by atoms with Crippen molar-refractivity contribution in [1.82, 2.24) is 19.9 Å². The topological polar surface area (TPSA) is 136 Å². The maximum absolute atomic E-state index is 10.7. The van der Waals surface area contributed by atoms with Gasteiger partial charge in [-0.3, -0.25) is 4.98 Å². The summed E-state index contributed by atoms with van der Waals surface area (Å²) in [7, 11) is 0. The first kappa shape index (κ1) is 24.9. The lowest BCUT2D eigenvalue weighted by atomic mass is 9.82. The number of thiazole rings is 1. The number of hydrogen-bond acceptors (Lipinski definition) is 10. The van der Waals surface area contributed by atoms with E-state index < -0.39 is 18.2 Å². The van der Waals surface area contributed by atoms with Gasteiger partial charge in [0.25, 0.3) is 0 Å². The molecule has 3 aromatic rings. The zero-order chi connectivity index (χ0) is 25.7. The Labute approximate surface area is 220 Å². The lowest BCUT2D eigenvalue weighted by molar-refractivity contribution is 0.00446. The molecule has 0 unspecified atom stereocenters. The maximum Gasteiger partial charge on any atom is 0.225 e. The number of aryl methyl sites for hydroxylation is 2. The van der Waals surface area contributed by atoms with Crippen LogP contribution in [0, 0.1) is 25.7 Å². The predicted molar refractivity (Wildman–Crippen MR) is 145 cm³/mol. The lowest BCUT2D eigenvalue weighted by Crippen LogP contribution is -2.36. The van der Waals surface area contributed by atoms with Crippen molar-refractivity contribution in [2.24, 2.45) is 11.8 Å². The van der Waals surface area contributed by atoms with Crippen LogP contribution < -0.4 is 10.6 Å². The third-order valence-electron chi connectivity index (χ3n) is 8.69. The average molecular weight is 525 g/mol. The van der Waals surface area contributed by atoms with Crippen molar-refractivity contribution in [2.45, 2.75) is 89.0 Å². The maximum atomic E-state index is 10.7. The lowest BCUT2D eigenvalue weighted by Gasteiger charge is -2.31. The highest BCUT2D eigenvalue weighted by Gasteiger charge is 2.50. The monoisotopic (exact) mass is 524 g/mol. The van der Waals surface area contributed by atoms with Crippen LogP contribution >= 0.6 is 11.3 Å². The zero-order valence-electron chi connectivity index (χ0n) is 21.4. The van der Waals surface area contributed by atoms with E-state index in [0.717, 1.165) is 45.0 Å². The van der Waals surface area contributed by atoms with Crippen LogP contribution in [0.25, 0.3) is 20.8 Å². The van der Waals surface area contributed by atoms with Crippen LogP contribution in [-0.2, 0) is 0 Å². The molecular weight excluding hydrogens is 488 g/mol. The van der Waals surface area contributed by atoms with E-state index in [4.69, 9.17) is 15.0 Å². The van der Waals surface area contributed by atoms with Gasteiger partial charge in [0, 0.05) is 24.3 Å². The van der Waals surface area contributed by atoms with Gasteiger partial charge in [-0.05, 0) is 57.9 Å². The Morgan fingerprint density at radius 3 is 2.49 bits per heavy atom. The summed E-state index contributed by atoms with van der Waals surface area (Å²) in [6, 6.07) is 1.52. The number of fused-ring (bicyclic) bond motifs is 1. The Bertz CT molecular complexity index is 1290. The van der Waals surface area contributed by atoms with Gasteiger partial charge in [0.15, 0.2) is 0 Å². The molecule has 0 aliphatic heterocycles. The highest BCUT2D eigenvalue weighted by Crippen LogP contribution is 2.50. The fourth-order valence-corrected chi connectivity index (χ4v) is 7.46. The number of nitrogens with one attached hydrogen (secondary N) is 2. The molecule has 37 heavy (non-hydrogen) atoms. The first-order chi connectivity index (χ1) is 17.9. The fourth-order valence-electron chi connectivity index (χ4n) is 6.35. The summed E-state index contributed by atoms with van der Waals surface area (Å²) in [4.78, 5) is 19.1. The minimum absolute atomic E-state index is 0.0787. The van der Waals surface area contributed by atoms with Crippen LogP contribution in [-0.4, -0.2) is 65.7 Å². The zero-order valence-corrected chi connectivity index (χ0v) is 22.3. The van der Waals surface area contributed by atoms with Gasteiger partial charge < -0.3 is 26.0 Å². The summed E-state index contributed by atoms with van der Waals surface area (Å²) in [5.74, 6) is 1.46. The summed E-state index contributed by atoms with van der Waals surface area (Å²) in [5, 5.41) is 38.8. The van der Waals surface area contributed by atoms with Gasteiger partial charge in [-0.25, -0.2) is 9.97 Å². The number of hydrogen-bond donors (Lipinski definition) is 5. The Kier molecular flexibility index (Phi) is 6.55. The second-order valence-electron chi connectivity index (χ2n) is 11.1. The van der Waals surface area contributed by atoms with E-state index in [-0.39, 0.29) is 18.1 Å². The van der Waals surface area contributed by atoms with Crippen LogP contribution in [0.1, 0.15) is 62.8 Å². The van der Waals surface area contributed by atoms with E-state index in [1.807, 2.05) is 19.9 Å². The summed E-state index contributed by atoms with van der Waals surface area (Å²) < 4.78 is 1.04. The highest BCUT2D eigenvalue weighted by molar-refractivity contribution is 7.21. The molecular formula is C27H36N6O3S. The van der Waals surface area contributed by atoms with E-state index in [2.05, 4.69) is 15.6 Å². The van der Waals surface area contributed by atoms with Gasteiger partial charge in [-0.15, -0.1) is 11.3 Å². The number of aromatic nitrogens is 4. The molecule has 9 nitrogen and oxygen atoms in total. The van der Waals surface area contributed by atoms with Crippen molar-refractivity contribution < 1.29 is 15.3 Å². The largest absolute Gasteiger partial charge is 0.396 e. The SMILES string of the molecule is Cc1nc(NC2(C3CCCCC3)CC2)nc(N[C@@H]2C[C@H](CO)[C@@H](O)[C@H]2O)c1-c1nc2c(C)nccc2s1. The van der Waals surface area contributed by atoms with Crippen molar-refractivity contribution in [3.05, 3.63) is 23.7 Å². The number of rotatable bonds is 7. The average Bonchev–Trinajstić information content (AvgIpc) is 3.46. The molecule has 6 rings (SSSR count). The minimum Gasteiger partial charge on any atom is -0.396 e. The molecule has 0 bridgehead atoms. The molecule has 4 atom stereocenters. The standard InChI is InChI=1S/C27H36N6O3S/c1-14-20(25-31-21-15(2)28-11-8-19(21)37-25)24(30-18-12-16(13-34)22(35)23(18)36)32-26(29-14)33-27(9-10-27)17-6-4-3-5-7-17/h8,11,16-18,22-23,34-36H,3-7,9-10,12-13H2,1-2H3,(H2,29,30,32,33)/t16-,18-,22-,23+/m1/s1. The van der Waals surface area contributed by atoms with E-state index in [0.29, 0.717) is 24.1 Å². The Morgan fingerprint density at radius 2 is 1.81 bits per heavy atom. The molecule has 0 radical (unpaired) electrons. The molecule has 10 heteroatoms. The van der Waals surface area contributed by atoms with E-state index in [1.165, 1.54) is 32.1 Å². The molecule has 0 aromatic carbocycles. The van der Waals surface area contributed by atoms with Crippen molar-refractivity contribution in [3.8, 4) is 10.6 Å². The van der Waals surface area contributed by atoms with E-state index in [1.54, 1.807) is 17.5 Å². The Hall–Kier alpha value is -2.40. The number of anilines is 2. The highest BCUT2D eigenvalue weighted by atomic mass is 32.1. The number of pyridine rings is 1. The van der Waals surface area contributed by atoms with Crippen LogP contribution in [0.15, 0.2) is 12.3 Å². The molecule has 0 amide bonds. The third-order valence-corrected chi connectivity index (χ3v) is 9.73. The minimum atomic E-state index is -1.00. The van der Waals surface area contributed by atoms with Crippen LogP contribution in [0.2, 0.25) is 0 Å². The number of aliphatic hydroxyl groups excluding tert-OH is 3. The summed E-state index contributed by atoms with van der Waals surface area (Å²) in [6.45, 7) is 3.75. The van der Waals surface area contributed by atoms with E-state index >= 15 is 0 Å². The van der Waals surface area contributed by atoms with Crippen molar-refractivity contribution in [3.63, 3.8) is 0 Å². The summed E-state index contributed by atoms with van der Waals surface area (Å²) in [5.41, 5.74) is 3.41. The first-order valence-corrected chi connectivity index (χ1v) is 14.3. The van der Waals surface area contributed by atoms with Crippen LogP contribution in [0.3, 0.4) is 0 Å². The third kappa shape index (κ3) is 4.58. The van der Waals surface area contributed by atoms with Crippen LogP contribution in [0.4, 0.5) is 11.8 Å². The molecule has 3 aliphatic rings. The molecule has 3 heterocycles. The van der Waals surface area contributed by atoms with Gasteiger partial charge >= 0.3 is 0 Å². The number of nitrogens with zero attached hydrogens (tertiary/aromatic N) is 4. The second kappa shape index (κ2) is 9.72. The molecule has 0 saturated heterocycles. The fraction of sp³-hybridized carbons (Fsp3) is 0.630. The second-order valence-corrected chi connectivity index (χ2v) is 12.2. The molecule has 3 saturated carbocycles. The van der Waals surface area contributed by atoms with Crippen molar-refractivity contribution in [2.75, 3.05) is 17.2 Å². The van der Waals surface area contributed by atoms with Crippen LogP contribution in [0.5, 0.6) is 0 Å². The van der Waals surface area contributed by atoms with Crippen molar-refractivity contribution in [1.29, 1.82) is 0 Å². The summed E-state index contributed by atoms with van der Waals surface area (Å²) >= 11 is 1.57. The van der Waals surface area contributed by atoms with Gasteiger partial charge in [-0.1, -0.05) is 19.3 Å². The van der Waals surface area contributed by atoms with Gasteiger partial charge in [-0.2, -0.15) is 4.98 Å². The van der Waals surface area contributed by atoms with Gasteiger partial charge in [0.05, 0.1) is 33.8 Å². The Balaban J connectivity index is 1.38. The normalized spacial score (nSPS) is 27.5. The molecule has 3 aromatic heterocycles. The van der Waals surface area contributed by atoms with E-state index in [9.17, 15) is 15.3 Å². The quantitative estimate of drug-likeness (QED) is 0.312. The molecule has 3 fully saturated rings.